The molecule has 15 heavy (non-hydrogen) atoms. The zero-order chi connectivity index (χ0) is 11.5. The molecule has 0 fully saturated rings. The van der Waals surface area contributed by atoms with Crippen LogP contribution in [0.15, 0.2) is 12.1 Å². The van der Waals surface area contributed by atoms with E-state index in [9.17, 15) is 13.2 Å². The van der Waals surface area contributed by atoms with Gasteiger partial charge in [0.25, 0.3) is 0 Å². The van der Waals surface area contributed by atoms with E-state index in [1.54, 1.807) is 0 Å². The van der Waals surface area contributed by atoms with Gasteiger partial charge in [-0.25, -0.2) is 4.98 Å². The van der Waals surface area contributed by atoms with Crippen LogP contribution in [0, 0.1) is 23.2 Å². The van der Waals surface area contributed by atoms with E-state index in [2.05, 4.69) is 10.9 Å². The van der Waals surface area contributed by atoms with Crippen LogP contribution in [0.1, 0.15) is 11.3 Å². The van der Waals surface area contributed by atoms with E-state index in [0.717, 1.165) is 12.1 Å². The Kier molecular flexibility index (Phi) is 3.18. The normalized spacial score (nSPS) is 10.1. The summed E-state index contributed by atoms with van der Waals surface area (Å²) in [6.07, 6.45) is -4.58. The third-order valence-corrected chi connectivity index (χ3v) is 1.54. The first-order valence-corrected chi connectivity index (χ1v) is 3.96. The smallest absolute Gasteiger partial charge is 0.232 e. The van der Waals surface area contributed by atoms with E-state index >= 15 is 0 Å². The fourth-order valence-electron chi connectivity index (χ4n) is 0.814. The summed E-state index contributed by atoms with van der Waals surface area (Å²) in [6.45, 7) is 0. The number of alkyl halides is 3. The first kappa shape index (κ1) is 11.4. The van der Waals surface area contributed by atoms with Gasteiger partial charge in [-0.15, -0.1) is 0 Å². The molecule has 2 nitrogen and oxygen atoms in total. The third kappa shape index (κ3) is 3.16. The van der Waals surface area contributed by atoms with Crippen LogP contribution in [-0.4, -0.2) is 4.98 Å². The minimum Gasteiger partial charge on any atom is -0.232 e. The average Bonchev–Trinajstić information content (AvgIpc) is 2.12. The second-order valence-corrected chi connectivity index (χ2v) is 2.81. The number of hydrogen-bond acceptors (Lipinski definition) is 2. The maximum atomic E-state index is 12.2. The highest BCUT2D eigenvalue weighted by atomic mass is 35.5. The quantitative estimate of drug-likeness (QED) is 0.507. The van der Waals surface area contributed by atoms with Crippen molar-refractivity contribution < 1.29 is 13.2 Å². The number of pyridine rings is 1. The number of aromatic nitrogens is 1. The minimum atomic E-state index is -4.58. The number of hydrogen-bond donors (Lipinski definition) is 0. The van der Waals surface area contributed by atoms with Crippen LogP contribution in [0.2, 0.25) is 5.15 Å². The zero-order valence-electron chi connectivity index (χ0n) is 7.06. The number of rotatable bonds is 0. The largest absolute Gasteiger partial charge is 0.433 e. The summed E-state index contributed by atoms with van der Waals surface area (Å²) in [7, 11) is 0. The van der Waals surface area contributed by atoms with Crippen LogP contribution in [-0.2, 0) is 6.18 Å². The summed E-state index contributed by atoms with van der Waals surface area (Å²) >= 11 is 5.37. The Morgan fingerprint density at radius 3 is 2.53 bits per heavy atom. The molecule has 1 aromatic heterocycles. The van der Waals surface area contributed by atoms with Gasteiger partial charge in [0, 0.05) is 11.5 Å². The Morgan fingerprint density at radius 1 is 1.33 bits per heavy atom. The molecule has 0 saturated carbocycles. The van der Waals surface area contributed by atoms with Crippen molar-refractivity contribution >= 4 is 11.6 Å². The Morgan fingerprint density at radius 2 is 2.00 bits per heavy atom. The zero-order valence-corrected chi connectivity index (χ0v) is 7.82. The Hall–Kier alpha value is -1.72. The molecule has 0 bridgehead atoms. The predicted octanol–water partition coefficient (Wildman–Crippen LogP) is 2.63. The van der Waals surface area contributed by atoms with E-state index in [0.29, 0.717) is 0 Å². The molecule has 76 valence electrons. The molecule has 0 saturated heterocycles. The molecule has 0 atom stereocenters. The summed E-state index contributed by atoms with van der Waals surface area (Å²) in [5, 5.41) is 7.82. The minimum absolute atomic E-state index is 0.00359. The van der Waals surface area contributed by atoms with Crippen molar-refractivity contribution in [2.45, 2.75) is 6.18 Å². The lowest BCUT2D eigenvalue weighted by atomic mass is 10.2. The Bertz CT molecular complexity index is 477. The van der Waals surface area contributed by atoms with Crippen LogP contribution in [0.25, 0.3) is 0 Å². The molecule has 1 aromatic rings. The summed E-state index contributed by atoms with van der Waals surface area (Å²) in [5.41, 5.74) is -1.12. The highest BCUT2D eigenvalue weighted by molar-refractivity contribution is 6.29. The van der Waals surface area contributed by atoms with E-state index in [4.69, 9.17) is 16.9 Å². The number of nitriles is 1. The molecule has 1 heterocycles. The molecule has 0 radical (unpaired) electrons. The molecule has 0 N–H and O–H groups in total. The maximum Gasteiger partial charge on any atom is 0.433 e. The predicted molar refractivity (Wildman–Crippen MR) is 46.7 cm³/mol. The fourth-order valence-corrected chi connectivity index (χ4v) is 1.02. The van der Waals surface area contributed by atoms with Crippen molar-refractivity contribution in [1.82, 2.24) is 4.98 Å². The molecular weight excluding hydrogens is 229 g/mol. The van der Waals surface area contributed by atoms with Gasteiger partial charge in [0.1, 0.15) is 10.8 Å². The standard InChI is InChI=1S/C9H2ClF3N2/c10-8-5-6(2-1-3-14)4-7(15-8)9(11,12)13/h4-5H. The van der Waals surface area contributed by atoms with E-state index in [-0.39, 0.29) is 10.7 Å². The average molecular weight is 231 g/mol. The summed E-state index contributed by atoms with van der Waals surface area (Å²) in [5.74, 6) is 4.18. The van der Waals surface area contributed by atoms with Crippen molar-refractivity contribution in [3.05, 3.63) is 28.5 Å². The van der Waals surface area contributed by atoms with Gasteiger partial charge in [-0.2, -0.15) is 18.4 Å². The van der Waals surface area contributed by atoms with E-state index in [1.807, 2.05) is 5.92 Å². The van der Waals surface area contributed by atoms with Gasteiger partial charge in [-0.3, -0.25) is 0 Å². The van der Waals surface area contributed by atoms with Crippen LogP contribution in [0.4, 0.5) is 13.2 Å². The first-order chi connectivity index (χ1) is 6.93. The lowest BCUT2D eigenvalue weighted by Crippen LogP contribution is -2.08. The molecule has 1 rings (SSSR count). The maximum absolute atomic E-state index is 12.2. The van der Waals surface area contributed by atoms with Gasteiger partial charge in [0.2, 0.25) is 0 Å². The van der Waals surface area contributed by atoms with Gasteiger partial charge in [0.15, 0.2) is 6.07 Å². The first-order valence-electron chi connectivity index (χ1n) is 3.58. The van der Waals surface area contributed by atoms with E-state index in [1.165, 1.54) is 6.07 Å². The highest BCUT2D eigenvalue weighted by Gasteiger charge is 2.33. The van der Waals surface area contributed by atoms with Crippen molar-refractivity contribution in [2.24, 2.45) is 0 Å². The lowest BCUT2D eigenvalue weighted by molar-refractivity contribution is -0.141. The molecule has 0 aliphatic heterocycles. The SMILES string of the molecule is N#CC#Cc1cc(Cl)nc(C(F)(F)F)c1. The van der Waals surface area contributed by atoms with Gasteiger partial charge in [-0.1, -0.05) is 17.5 Å². The van der Waals surface area contributed by atoms with Crippen LogP contribution >= 0.6 is 11.6 Å². The molecule has 0 amide bonds. The van der Waals surface area contributed by atoms with E-state index < -0.39 is 11.9 Å². The topological polar surface area (TPSA) is 36.7 Å². The van der Waals surface area contributed by atoms with Crippen molar-refractivity contribution in [3.8, 4) is 17.9 Å². The molecule has 0 aromatic carbocycles. The fraction of sp³-hybridized carbons (Fsp3) is 0.111. The second kappa shape index (κ2) is 4.20. The van der Waals surface area contributed by atoms with Gasteiger partial charge < -0.3 is 0 Å². The summed E-state index contributed by atoms with van der Waals surface area (Å²) in [6, 6.07) is 3.37. The van der Waals surface area contributed by atoms with Gasteiger partial charge >= 0.3 is 6.18 Å². The monoisotopic (exact) mass is 230 g/mol. The van der Waals surface area contributed by atoms with Crippen molar-refractivity contribution in [1.29, 1.82) is 5.26 Å². The molecule has 0 aliphatic rings. The number of nitrogens with zero attached hydrogens (tertiary/aromatic N) is 2. The van der Waals surface area contributed by atoms with Crippen molar-refractivity contribution in [3.63, 3.8) is 0 Å². The molecule has 6 heteroatoms. The summed E-state index contributed by atoms with van der Waals surface area (Å²) in [4.78, 5) is 3.10. The second-order valence-electron chi connectivity index (χ2n) is 2.42. The molecule has 0 unspecified atom stereocenters. The molecule has 0 spiro atoms. The van der Waals surface area contributed by atoms with Gasteiger partial charge in [0.05, 0.1) is 0 Å². The molecular formula is C9H2ClF3N2. The summed E-state index contributed by atoms with van der Waals surface area (Å²) < 4.78 is 36.7. The molecule has 0 aliphatic carbocycles. The van der Waals surface area contributed by atoms with Crippen LogP contribution < -0.4 is 0 Å². The van der Waals surface area contributed by atoms with Crippen LogP contribution in [0.5, 0.6) is 0 Å². The lowest BCUT2D eigenvalue weighted by Gasteiger charge is -2.05. The van der Waals surface area contributed by atoms with Crippen LogP contribution in [0.3, 0.4) is 0 Å². The third-order valence-electron chi connectivity index (χ3n) is 1.35. The van der Waals surface area contributed by atoms with Gasteiger partial charge in [-0.05, 0) is 12.1 Å². The Labute approximate surface area is 88.3 Å². The number of halogens is 4. The van der Waals surface area contributed by atoms with Crippen molar-refractivity contribution in [2.75, 3.05) is 0 Å². The highest BCUT2D eigenvalue weighted by Crippen LogP contribution is 2.29. The Balaban J connectivity index is 3.24.